The van der Waals surface area contributed by atoms with Crippen LogP contribution in [0.3, 0.4) is 0 Å². The molecule has 1 saturated carbocycles. The highest BCUT2D eigenvalue weighted by atomic mass is 16.7. The van der Waals surface area contributed by atoms with Crippen molar-refractivity contribution in [2.45, 2.75) is 44.8 Å². The molecule has 2 heterocycles. The van der Waals surface area contributed by atoms with E-state index in [1.165, 1.54) is 0 Å². The number of carbonyl (C=O) groups excluding carboxylic acids is 1. The van der Waals surface area contributed by atoms with Crippen LogP contribution < -0.4 is 9.47 Å². The van der Waals surface area contributed by atoms with Gasteiger partial charge in [-0.05, 0) is 42.2 Å². The lowest BCUT2D eigenvalue weighted by Crippen LogP contribution is -2.37. The van der Waals surface area contributed by atoms with Gasteiger partial charge in [0.25, 0.3) is 0 Å². The van der Waals surface area contributed by atoms with Crippen LogP contribution in [0.2, 0.25) is 0 Å². The maximum atomic E-state index is 13.2. The van der Waals surface area contributed by atoms with Crippen LogP contribution in [0.1, 0.15) is 42.5 Å². The maximum absolute atomic E-state index is 13.2. The number of fused-ring (bicyclic) bond motifs is 1. The van der Waals surface area contributed by atoms with Crippen LogP contribution in [0.5, 0.6) is 11.5 Å². The summed E-state index contributed by atoms with van der Waals surface area (Å²) >= 11 is 0. The first-order valence-electron chi connectivity index (χ1n) is 11.1. The predicted molar refractivity (Wildman–Crippen MR) is 120 cm³/mol. The van der Waals surface area contributed by atoms with Crippen molar-refractivity contribution in [1.82, 2.24) is 19.9 Å². The average molecular weight is 431 g/mol. The van der Waals surface area contributed by atoms with Crippen molar-refractivity contribution in [1.29, 1.82) is 0 Å². The van der Waals surface area contributed by atoms with E-state index in [0.717, 1.165) is 48.3 Å². The number of nitrogens with zero attached hydrogens (tertiary/aromatic N) is 4. The highest BCUT2D eigenvalue weighted by molar-refractivity contribution is 5.91. The molecule has 0 radical (unpaired) electrons. The van der Waals surface area contributed by atoms with Gasteiger partial charge in [-0.3, -0.25) is 4.79 Å². The van der Waals surface area contributed by atoms with E-state index < -0.39 is 0 Å². The highest BCUT2D eigenvalue weighted by Gasteiger charge is 2.26. The number of benzene rings is 2. The summed E-state index contributed by atoms with van der Waals surface area (Å²) in [6.45, 7) is 1.44. The fourth-order valence-electron chi connectivity index (χ4n) is 4.33. The molecule has 32 heavy (non-hydrogen) atoms. The van der Waals surface area contributed by atoms with Crippen LogP contribution >= 0.6 is 0 Å². The zero-order valence-corrected chi connectivity index (χ0v) is 17.9. The Morgan fingerprint density at radius 1 is 1.06 bits per heavy atom. The monoisotopic (exact) mass is 430 g/mol. The largest absolute Gasteiger partial charge is 0.454 e. The zero-order chi connectivity index (χ0) is 21.8. The van der Waals surface area contributed by atoms with Gasteiger partial charge in [0, 0.05) is 18.7 Å². The zero-order valence-electron chi connectivity index (χ0n) is 17.9. The molecule has 1 aromatic heterocycles. The number of rotatable bonds is 7. The van der Waals surface area contributed by atoms with Crippen LogP contribution in [0, 0.1) is 0 Å². The van der Waals surface area contributed by atoms with Crippen molar-refractivity contribution < 1.29 is 14.3 Å². The molecular formula is C25H26N4O3. The van der Waals surface area contributed by atoms with E-state index >= 15 is 0 Å². The summed E-state index contributed by atoms with van der Waals surface area (Å²) in [7, 11) is 0. The van der Waals surface area contributed by atoms with Crippen LogP contribution in [0.4, 0.5) is 0 Å². The number of aromatic nitrogens is 3. The first-order valence-corrected chi connectivity index (χ1v) is 11.1. The molecule has 7 heteroatoms. The Labute approximate surface area is 187 Å². The molecule has 2 aromatic carbocycles. The van der Waals surface area contributed by atoms with Gasteiger partial charge in [-0.1, -0.05) is 54.5 Å². The molecule has 2 aliphatic rings. The molecule has 1 fully saturated rings. The number of ether oxygens (including phenoxy) is 2. The number of hydrogen-bond donors (Lipinski definition) is 0. The summed E-state index contributed by atoms with van der Waals surface area (Å²) < 4.78 is 12.7. The second-order valence-corrected chi connectivity index (χ2v) is 8.25. The standard InChI is InChI=1S/C25H26N4O3/c30-25(13-11-21-17-28(27-26-21)15-19-6-2-1-3-7-19)29(22-8-4-5-9-22)16-20-10-12-23-24(14-20)32-18-31-23/h1-3,6-7,10-14,17,22H,4-5,8-9,15-16,18H2/b13-11+. The molecular weight excluding hydrogens is 404 g/mol. The van der Waals surface area contributed by atoms with Gasteiger partial charge in [-0.15, -0.1) is 5.10 Å². The number of carbonyl (C=O) groups is 1. The molecule has 7 nitrogen and oxygen atoms in total. The lowest BCUT2D eigenvalue weighted by atomic mass is 10.1. The summed E-state index contributed by atoms with van der Waals surface area (Å²) in [4.78, 5) is 15.1. The van der Waals surface area contributed by atoms with Gasteiger partial charge in [0.05, 0.1) is 12.7 Å². The average Bonchev–Trinajstić information content (AvgIpc) is 3.58. The Balaban J connectivity index is 1.28. The molecule has 1 amide bonds. The van der Waals surface area contributed by atoms with E-state index in [0.29, 0.717) is 18.8 Å². The molecule has 0 unspecified atom stereocenters. The van der Waals surface area contributed by atoms with Crippen molar-refractivity contribution >= 4 is 12.0 Å². The predicted octanol–water partition coefficient (Wildman–Crippen LogP) is 4.04. The van der Waals surface area contributed by atoms with Gasteiger partial charge in [-0.25, -0.2) is 4.68 Å². The number of hydrogen-bond acceptors (Lipinski definition) is 5. The van der Waals surface area contributed by atoms with Crippen molar-refractivity contribution in [3.05, 3.63) is 77.6 Å². The molecule has 0 N–H and O–H groups in total. The topological polar surface area (TPSA) is 69.5 Å². The third-order valence-corrected chi connectivity index (χ3v) is 5.98. The molecule has 0 spiro atoms. The summed E-state index contributed by atoms with van der Waals surface area (Å²) in [5, 5.41) is 8.37. The van der Waals surface area contributed by atoms with Gasteiger partial charge >= 0.3 is 0 Å². The van der Waals surface area contributed by atoms with Crippen LogP contribution in [-0.4, -0.2) is 38.6 Å². The van der Waals surface area contributed by atoms with Gasteiger partial charge in [0.2, 0.25) is 12.7 Å². The van der Waals surface area contributed by atoms with Crippen molar-refractivity contribution in [2.75, 3.05) is 6.79 Å². The Hall–Kier alpha value is -3.61. The molecule has 0 saturated heterocycles. The Bertz CT molecular complexity index is 1100. The van der Waals surface area contributed by atoms with Gasteiger partial charge in [0.1, 0.15) is 5.69 Å². The molecule has 164 valence electrons. The second-order valence-electron chi connectivity index (χ2n) is 8.25. The van der Waals surface area contributed by atoms with E-state index in [1.807, 2.05) is 47.5 Å². The van der Waals surface area contributed by atoms with Crippen LogP contribution in [-0.2, 0) is 17.9 Å². The maximum Gasteiger partial charge on any atom is 0.247 e. The summed E-state index contributed by atoms with van der Waals surface area (Å²) in [5.41, 5.74) is 2.86. The van der Waals surface area contributed by atoms with E-state index in [1.54, 1.807) is 16.8 Å². The third-order valence-electron chi connectivity index (χ3n) is 5.98. The minimum absolute atomic E-state index is 0.00724. The second kappa shape index (κ2) is 9.26. The van der Waals surface area contributed by atoms with Gasteiger partial charge < -0.3 is 14.4 Å². The minimum Gasteiger partial charge on any atom is -0.454 e. The normalized spacial score (nSPS) is 15.5. The third kappa shape index (κ3) is 4.66. The lowest BCUT2D eigenvalue weighted by molar-refractivity contribution is -0.128. The Kier molecular flexibility index (Phi) is 5.87. The molecule has 0 atom stereocenters. The van der Waals surface area contributed by atoms with Gasteiger partial charge in [0.15, 0.2) is 11.5 Å². The molecule has 1 aliphatic carbocycles. The van der Waals surface area contributed by atoms with E-state index in [9.17, 15) is 4.79 Å². The van der Waals surface area contributed by atoms with E-state index in [4.69, 9.17) is 9.47 Å². The molecule has 1 aliphatic heterocycles. The quantitative estimate of drug-likeness (QED) is 0.529. The highest BCUT2D eigenvalue weighted by Crippen LogP contribution is 2.33. The summed E-state index contributed by atoms with van der Waals surface area (Å²) in [6, 6.07) is 16.2. The SMILES string of the molecule is O=C(/C=C/c1cn(Cc2ccccc2)nn1)N(Cc1ccc2c(c1)OCO2)C1CCCC1. The van der Waals surface area contributed by atoms with Gasteiger partial charge in [-0.2, -0.15) is 0 Å². The number of amides is 1. The fourth-order valence-corrected chi connectivity index (χ4v) is 4.33. The summed E-state index contributed by atoms with van der Waals surface area (Å²) in [5.74, 6) is 1.49. The molecule has 3 aromatic rings. The molecule has 0 bridgehead atoms. The van der Waals surface area contributed by atoms with Crippen molar-refractivity contribution in [2.24, 2.45) is 0 Å². The minimum atomic E-state index is -0.00724. The summed E-state index contributed by atoms with van der Waals surface area (Å²) in [6.07, 6.45) is 9.62. The van der Waals surface area contributed by atoms with E-state index in [-0.39, 0.29) is 18.7 Å². The smallest absolute Gasteiger partial charge is 0.247 e. The van der Waals surface area contributed by atoms with Crippen molar-refractivity contribution in [3.63, 3.8) is 0 Å². The first kappa shape index (κ1) is 20.3. The van der Waals surface area contributed by atoms with Crippen LogP contribution in [0.25, 0.3) is 6.08 Å². The molecule has 5 rings (SSSR count). The first-order chi connectivity index (χ1) is 15.7. The Morgan fingerprint density at radius 2 is 1.88 bits per heavy atom. The van der Waals surface area contributed by atoms with Crippen molar-refractivity contribution in [3.8, 4) is 11.5 Å². The Morgan fingerprint density at radius 3 is 2.72 bits per heavy atom. The van der Waals surface area contributed by atoms with Crippen LogP contribution in [0.15, 0.2) is 60.8 Å². The lowest BCUT2D eigenvalue weighted by Gasteiger charge is -2.28. The fraction of sp³-hybridized carbons (Fsp3) is 0.320. The van der Waals surface area contributed by atoms with E-state index in [2.05, 4.69) is 22.4 Å².